The molecule has 1 aliphatic rings. The fourth-order valence-corrected chi connectivity index (χ4v) is 2.76. The van der Waals surface area contributed by atoms with Crippen LogP contribution < -0.4 is 5.56 Å². The molecule has 1 heterocycles. The molecule has 6 nitrogen and oxygen atoms in total. The average Bonchev–Trinajstić information content (AvgIpc) is 2.45. The van der Waals surface area contributed by atoms with Gasteiger partial charge in [-0.1, -0.05) is 19.3 Å². The van der Waals surface area contributed by atoms with Crippen LogP contribution in [0.5, 0.6) is 0 Å². The van der Waals surface area contributed by atoms with Crippen LogP contribution in [0.3, 0.4) is 0 Å². The number of nitrogens with one attached hydrogen (secondary N) is 1. The number of rotatable bonds is 5. The first kappa shape index (κ1) is 14.7. The third kappa shape index (κ3) is 3.25. The largest absolute Gasteiger partial charge is 0.477 e. The summed E-state index contributed by atoms with van der Waals surface area (Å²) < 4.78 is 5.74. The molecule has 2 N–H and O–H groups in total. The average molecular weight is 280 g/mol. The summed E-state index contributed by atoms with van der Waals surface area (Å²) in [4.78, 5) is 29.2. The summed E-state index contributed by atoms with van der Waals surface area (Å²) in [6, 6.07) is 0. The number of carboxylic acids is 1. The van der Waals surface area contributed by atoms with Gasteiger partial charge in [0.15, 0.2) is 0 Å². The van der Waals surface area contributed by atoms with E-state index in [2.05, 4.69) is 9.97 Å². The van der Waals surface area contributed by atoms with Crippen molar-refractivity contribution in [3.63, 3.8) is 0 Å². The summed E-state index contributed by atoms with van der Waals surface area (Å²) in [6.07, 6.45) is 6.51. The van der Waals surface area contributed by atoms with Gasteiger partial charge in [-0.25, -0.2) is 9.78 Å². The Kier molecular flexibility index (Phi) is 4.89. The van der Waals surface area contributed by atoms with Crippen LogP contribution in [0.4, 0.5) is 0 Å². The van der Waals surface area contributed by atoms with E-state index in [-0.39, 0.29) is 11.7 Å². The summed E-state index contributed by atoms with van der Waals surface area (Å²) >= 11 is 0. The number of aromatic nitrogens is 2. The smallest absolute Gasteiger partial charge is 0.342 e. The molecule has 0 aromatic carbocycles. The lowest BCUT2D eigenvalue weighted by Crippen LogP contribution is -2.26. The molecule has 0 aliphatic heterocycles. The zero-order valence-corrected chi connectivity index (χ0v) is 11.6. The predicted molar refractivity (Wildman–Crippen MR) is 72.8 cm³/mol. The highest BCUT2D eigenvalue weighted by Gasteiger charge is 2.27. The van der Waals surface area contributed by atoms with E-state index in [1.54, 1.807) is 0 Å². The maximum atomic E-state index is 11.7. The lowest BCUT2D eigenvalue weighted by Gasteiger charge is -2.29. The Morgan fingerprint density at radius 3 is 2.75 bits per heavy atom. The van der Waals surface area contributed by atoms with Gasteiger partial charge in [0.1, 0.15) is 17.5 Å². The van der Waals surface area contributed by atoms with Crippen molar-refractivity contribution in [2.24, 2.45) is 5.92 Å². The lowest BCUT2D eigenvalue weighted by atomic mass is 9.85. The molecule has 1 saturated carbocycles. The summed E-state index contributed by atoms with van der Waals surface area (Å²) in [7, 11) is 0. The number of carbonyl (C=O) groups is 1. The molecular formula is C14H20N2O4. The van der Waals surface area contributed by atoms with Gasteiger partial charge in [0.25, 0.3) is 5.56 Å². The Morgan fingerprint density at radius 1 is 1.50 bits per heavy atom. The molecule has 1 aromatic heterocycles. The molecule has 2 rings (SSSR count). The second kappa shape index (κ2) is 6.65. The van der Waals surface area contributed by atoms with Crippen molar-refractivity contribution >= 4 is 5.97 Å². The number of ether oxygens (including phenoxy) is 1. The zero-order chi connectivity index (χ0) is 14.5. The zero-order valence-electron chi connectivity index (χ0n) is 11.6. The van der Waals surface area contributed by atoms with E-state index in [9.17, 15) is 9.59 Å². The Labute approximate surface area is 117 Å². The normalized spacial score (nSPS) is 17.9. The standard InChI is InChI=1S/C14H20N2O4/c1-2-20-11(9-6-4-3-5-7-9)12-15-8-10(14(18)19)13(17)16-12/h8-9,11H,2-7H2,1H3,(H,18,19)(H,15,16,17). The van der Waals surface area contributed by atoms with E-state index in [1.165, 1.54) is 6.42 Å². The Morgan fingerprint density at radius 2 is 2.20 bits per heavy atom. The van der Waals surface area contributed by atoms with Gasteiger partial charge in [-0.3, -0.25) is 4.79 Å². The molecule has 0 amide bonds. The molecule has 1 fully saturated rings. The molecule has 20 heavy (non-hydrogen) atoms. The van der Waals surface area contributed by atoms with Crippen LogP contribution in [0.15, 0.2) is 11.0 Å². The highest BCUT2D eigenvalue weighted by Crippen LogP contribution is 2.35. The third-order valence-corrected chi connectivity index (χ3v) is 3.74. The van der Waals surface area contributed by atoms with Crippen LogP contribution >= 0.6 is 0 Å². The van der Waals surface area contributed by atoms with Crippen LogP contribution in [0.1, 0.15) is 61.3 Å². The van der Waals surface area contributed by atoms with E-state index in [0.29, 0.717) is 18.3 Å². The Hall–Kier alpha value is -1.69. The number of H-pyrrole nitrogens is 1. The Bertz CT molecular complexity index is 520. The second-order valence-corrected chi connectivity index (χ2v) is 5.09. The summed E-state index contributed by atoms with van der Waals surface area (Å²) in [6.45, 7) is 2.44. The summed E-state index contributed by atoms with van der Waals surface area (Å²) in [5, 5.41) is 8.86. The number of aromatic amines is 1. The monoisotopic (exact) mass is 280 g/mol. The van der Waals surface area contributed by atoms with E-state index < -0.39 is 11.5 Å². The minimum Gasteiger partial charge on any atom is -0.477 e. The van der Waals surface area contributed by atoms with E-state index in [0.717, 1.165) is 31.9 Å². The molecule has 1 aromatic rings. The molecule has 1 atom stereocenters. The molecule has 1 aliphatic carbocycles. The topological polar surface area (TPSA) is 92.3 Å². The maximum Gasteiger partial charge on any atom is 0.342 e. The first-order chi connectivity index (χ1) is 9.63. The van der Waals surface area contributed by atoms with Gasteiger partial charge in [0.05, 0.1) is 0 Å². The van der Waals surface area contributed by atoms with Gasteiger partial charge >= 0.3 is 5.97 Å². The van der Waals surface area contributed by atoms with Crippen molar-refractivity contribution < 1.29 is 14.6 Å². The number of hydrogen-bond donors (Lipinski definition) is 2. The quantitative estimate of drug-likeness (QED) is 0.862. The molecule has 1 unspecified atom stereocenters. The highest BCUT2D eigenvalue weighted by molar-refractivity contribution is 5.86. The van der Waals surface area contributed by atoms with Gasteiger partial charge in [-0.2, -0.15) is 0 Å². The number of hydrogen-bond acceptors (Lipinski definition) is 4. The number of nitrogens with zero attached hydrogens (tertiary/aromatic N) is 1. The molecule has 110 valence electrons. The van der Waals surface area contributed by atoms with Gasteiger partial charge in [0, 0.05) is 12.8 Å². The van der Waals surface area contributed by atoms with Crippen LogP contribution in [0.2, 0.25) is 0 Å². The van der Waals surface area contributed by atoms with Crippen molar-refractivity contribution in [2.45, 2.75) is 45.1 Å². The van der Waals surface area contributed by atoms with Crippen molar-refractivity contribution in [3.05, 3.63) is 27.9 Å². The van der Waals surface area contributed by atoms with Crippen LogP contribution in [-0.4, -0.2) is 27.7 Å². The minimum atomic E-state index is -1.27. The highest BCUT2D eigenvalue weighted by atomic mass is 16.5. The van der Waals surface area contributed by atoms with Gasteiger partial charge in [-0.05, 0) is 25.7 Å². The van der Waals surface area contributed by atoms with E-state index in [4.69, 9.17) is 9.84 Å². The Balaban J connectivity index is 2.26. The predicted octanol–water partition coefficient (Wildman–Crippen LogP) is 2.13. The fraction of sp³-hybridized carbons (Fsp3) is 0.643. The summed E-state index contributed by atoms with van der Waals surface area (Å²) in [5.74, 6) is -0.493. The molecular weight excluding hydrogens is 260 g/mol. The van der Waals surface area contributed by atoms with Crippen molar-refractivity contribution in [3.8, 4) is 0 Å². The van der Waals surface area contributed by atoms with Crippen LogP contribution in [0, 0.1) is 5.92 Å². The molecule has 0 radical (unpaired) electrons. The lowest BCUT2D eigenvalue weighted by molar-refractivity contribution is -0.000409. The molecule has 0 spiro atoms. The first-order valence-corrected chi connectivity index (χ1v) is 7.07. The van der Waals surface area contributed by atoms with E-state index >= 15 is 0 Å². The third-order valence-electron chi connectivity index (χ3n) is 3.74. The second-order valence-electron chi connectivity index (χ2n) is 5.09. The van der Waals surface area contributed by atoms with E-state index in [1.807, 2.05) is 6.92 Å². The maximum absolute atomic E-state index is 11.7. The first-order valence-electron chi connectivity index (χ1n) is 7.07. The van der Waals surface area contributed by atoms with Crippen LogP contribution in [-0.2, 0) is 4.74 Å². The molecule has 0 saturated heterocycles. The van der Waals surface area contributed by atoms with Crippen molar-refractivity contribution in [2.75, 3.05) is 6.61 Å². The van der Waals surface area contributed by atoms with Crippen molar-refractivity contribution in [1.29, 1.82) is 0 Å². The minimum absolute atomic E-state index is 0.254. The van der Waals surface area contributed by atoms with Gasteiger partial charge in [0.2, 0.25) is 0 Å². The number of aromatic carboxylic acids is 1. The fourth-order valence-electron chi connectivity index (χ4n) is 2.76. The van der Waals surface area contributed by atoms with Crippen molar-refractivity contribution in [1.82, 2.24) is 9.97 Å². The SMILES string of the molecule is CCOC(c1ncc(C(=O)O)c(=O)[nH]1)C1CCCCC1. The molecule has 0 bridgehead atoms. The summed E-state index contributed by atoms with van der Waals surface area (Å²) in [5.41, 5.74) is -0.962. The van der Waals surface area contributed by atoms with Gasteiger partial charge in [-0.15, -0.1) is 0 Å². The number of carboxylic acid groups (broad SMARTS) is 1. The van der Waals surface area contributed by atoms with Gasteiger partial charge < -0.3 is 14.8 Å². The molecule has 6 heteroatoms. The van der Waals surface area contributed by atoms with Crippen LogP contribution in [0.25, 0.3) is 0 Å².